The van der Waals surface area contributed by atoms with Crippen LogP contribution in [0.15, 0.2) is 36.7 Å². The van der Waals surface area contributed by atoms with Crippen LogP contribution in [0.2, 0.25) is 5.02 Å². The first-order chi connectivity index (χ1) is 13.6. The van der Waals surface area contributed by atoms with Gasteiger partial charge in [0.1, 0.15) is 0 Å². The van der Waals surface area contributed by atoms with Crippen LogP contribution in [-0.4, -0.2) is 57.6 Å². The number of amides is 2. The Morgan fingerprint density at radius 1 is 1.04 bits per heavy atom. The summed E-state index contributed by atoms with van der Waals surface area (Å²) in [6, 6.07) is 7.63. The lowest BCUT2D eigenvalue weighted by Gasteiger charge is -2.33. The second-order valence-electron chi connectivity index (χ2n) is 7.62. The predicted molar refractivity (Wildman–Crippen MR) is 107 cm³/mol. The van der Waals surface area contributed by atoms with Crippen molar-refractivity contribution in [3.8, 4) is 0 Å². The third-order valence-electron chi connectivity index (χ3n) is 5.72. The van der Waals surface area contributed by atoms with E-state index >= 15 is 0 Å². The summed E-state index contributed by atoms with van der Waals surface area (Å²) in [5.74, 6) is 0.319. The van der Waals surface area contributed by atoms with Gasteiger partial charge >= 0.3 is 0 Å². The topological polar surface area (TPSA) is 58.4 Å². The Morgan fingerprint density at radius 2 is 1.75 bits per heavy atom. The van der Waals surface area contributed by atoms with Gasteiger partial charge in [-0.25, -0.2) is 0 Å². The zero-order chi connectivity index (χ0) is 19.5. The first-order valence-corrected chi connectivity index (χ1v) is 10.3. The van der Waals surface area contributed by atoms with Gasteiger partial charge in [-0.1, -0.05) is 29.8 Å². The smallest absolute Gasteiger partial charge is 0.257 e. The number of hydrogen-bond donors (Lipinski definition) is 0. The number of halogens is 1. The molecule has 0 saturated carbocycles. The molecular weight excluding hydrogens is 376 g/mol. The summed E-state index contributed by atoms with van der Waals surface area (Å²) in [6.45, 7) is 3.56. The van der Waals surface area contributed by atoms with Crippen molar-refractivity contribution < 1.29 is 9.59 Å². The van der Waals surface area contributed by atoms with E-state index in [4.69, 9.17) is 11.6 Å². The Bertz CT molecular complexity index is 852. The largest absolute Gasteiger partial charge is 0.342 e. The maximum atomic E-state index is 12.8. The summed E-state index contributed by atoms with van der Waals surface area (Å²) in [5.41, 5.74) is 1.55. The Morgan fingerprint density at radius 3 is 2.46 bits per heavy atom. The van der Waals surface area contributed by atoms with Gasteiger partial charge in [-0.2, -0.15) is 5.10 Å². The van der Waals surface area contributed by atoms with Gasteiger partial charge in [0.25, 0.3) is 5.91 Å². The first-order valence-electron chi connectivity index (χ1n) is 9.96. The molecule has 0 aliphatic carbocycles. The highest BCUT2D eigenvalue weighted by Crippen LogP contribution is 2.23. The van der Waals surface area contributed by atoms with Gasteiger partial charge in [0.05, 0.1) is 18.3 Å². The van der Waals surface area contributed by atoms with Gasteiger partial charge in [-0.3, -0.25) is 14.3 Å². The molecule has 0 atom stereocenters. The van der Waals surface area contributed by atoms with Gasteiger partial charge in [0, 0.05) is 43.3 Å². The second kappa shape index (κ2) is 8.35. The molecular formula is C21H25ClN4O2. The number of carbonyl (C=O) groups excluding carboxylic acids is 2. The minimum atomic E-state index is -0.0162. The molecule has 7 heteroatoms. The lowest BCUT2D eigenvalue weighted by atomic mass is 9.95. The highest BCUT2D eigenvalue weighted by atomic mass is 35.5. The van der Waals surface area contributed by atoms with Gasteiger partial charge in [-0.05, 0) is 37.3 Å². The second-order valence-corrected chi connectivity index (χ2v) is 8.02. The minimum Gasteiger partial charge on any atom is -0.342 e. The highest BCUT2D eigenvalue weighted by molar-refractivity contribution is 6.31. The normalized spacial score (nSPS) is 17.9. The fourth-order valence-electron chi connectivity index (χ4n) is 4.07. The molecule has 1 aromatic carbocycles. The summed E-state index contributed by atoms with van der Waals surface area (Å²) in [6.07, 6.45) is 7.10. The maximum Gasteiger partial charge on any atom is 0.257 e. The number of likely N-dealkylation sites (tertiary alicyclic amines) is 2. The molecule has 0 N–H and O–H groups in total. The van der Waals surface area contributed by atoms with Crippen molar-refractivity contribution in [2.75, 3.05) is 26.2 Å². The number of carbonyl (C=O) groups is 2. The number of aromatic nitrogens is 2. The third-order valence-corrected chi connectivity index (χ3v) is 6.09. The Balaban J connectivity index is 1.33. The third kappa shape index (κ3) is 4.07. The molecule has 28 heavy (non-hydrogen) atoms. The van der Waals surface area contributed by atoms with Crippen molar-refractivity contribution >= 4 is 23.4 Å². The molecule has 148 valence electrons. The molecule has 2 saturated heterocycles. The average molecular weight is 401 g/mol. The molecule has 6 nitrogen and oxygen atoms in total. The average Bonchev–Trinajstić information content (AvgIpc) is 3.41. The highest BCUT2D eigenvalue weighted by Gasteiger charge is 2.31. The SMILES string of the molecule is O=C(c1cnn(Cc2ccccc2Cl)c1)N1CCC(C(=O)N2CCCC2)CC1. The first kappa shape index (κ1) is 19.0. The summed E-state index contributed by atoms with van der Waals surface area (Å²) in [7, 11) is 0. The van der Waals surface area contributed by atoms with Gasteiger partial charge in [0.2, 0.25) is 5.91 Å². The molecule has 2 fully saturated rings. The van der Waals surface area contributed by atoms with E-state index in [1.54, 1.807) is 17.1 Å². The Hall–Kier alpha value is -2.34. The quantitative estimate of drug-likeness (QED) is 0.792. The van der Waals surface area contributed by atoms with Gasteiger partial charge in [-0.15, -0.1) is 0 Å². The molecule has 0 spiro atoms. The summed E-state index contributed by atoms with van der Waals surface area (Å²) < 4.78 is 1.73. The van der Waals surface area contributed by atoms with Crippen LogP contribution < -0.4 is 0 Å². The van der Waals surface area contributed by atoms with Crippen LogP contribution in [0.4, 0.5) is 0 Å². The summed E-state index contributed by atoms with van der Waals surface area (Å²) in [5, 5.41) is 5.00. The number of piperidine rings is 1. The number of hydrogen-bond acceptors (Lipinski definition) is 3. The van der Waals surface area contributed by atoms with Crippen molar-refractivity contribution in [3.63, 3.8) is 0 Å². The Labute approximate surface area is 170 Å². The lowest BCUT2D eigenvalue weighted by molar-refractivity contribution is -0.135. The van der Waals surface area contributed by atoms with Crippen LogP contribution >= 0.6 is 11.6 Å². The molecule has 0 bridgehead atoms. The number of benzene rings is 1. The predicted octanol–water partition coefficient (Wildman–Crippen LogP) is 3.06. The van der Waals surface area contributed by atoms with E-state index in [0.29, 0.717) is 30.2 Å². The molecule has 1 aromatic heterocycles. The molecule has 2 aliphatic rings. The van der Waals surface area contributed by atoms with Crippen molar-refractivity contribution in [1.82, 2.24) is 19.6 Å². The fourth-order valence-corrected chi connectivity index (χ4v) is 4.26. The zero-order valence-corrected chi connectivity index (χ0v) is 16.6. The van der Waals surface area contributed by atoms with Crippen LogP contribution in [0, 0.1) is 5.92 Å². The van der Waals surface area contributed by atoms with Crippen molar-refractivity contribution in [1.29, 1.82) is 0 Å². The van der Waals surface area contributed by atoms with Gasteiger partial charge in [0.15, 0.2) is 0 Å². The molecule has 4 rings (SSSR count). The molecule has 2 aliphatic heterocycles. The Kier molecular flexibility index (Phi) is 5.67. The molecule has 3 heterocycles. The van der Waals surface area contributed by atoms with Crippen molar-refractivity contribution in [3.05, 3.63) is 52.8 Å². The van der Waals surface area contributed by atoms with E-state index in [-0.39, 0.29) is 17.7 Å². The number of nitrogens with zero attached hydrogens (tertiary/aromatic N) is 4. The van der Waals surface area contributed by atoms with E-state index in [9.17, 15) is 9.59 Å². The fraction of sp³-hybridized carbons (Fsp3) is 0.476. The monoisotopic (exact) mass is 400 g/mol. The zero-order valence-electron chi connectivity index (χ0n) is 15.9. The van der Waals surface area contributed by atoms with E-state index in [1.807, 2.05) is 34.1 Å². The standard InChI is InChI=1S/C21H25ClN4O2/c22-19-6-2-1-5-17(19)14-26-15-18(13-23-26)21(28)25-11-7-16(8-12-25)20(27)24-9-3-4-10-24/h1-2,5-6,13,15-16H,3-4,7-12,14H2. The summed E-state index contributed by atoms with van der Waals surface area (Å²) >= 11 is 6.20. The van der Waals surface area contributed by atoms with Crippen LogP contribution in [0.3, 0.4) is 0 Å². The number of rotatable bonds is 4. The molecule has 2 amide bonds. The van der Waals surface area contributed by atoms with Crippen molar-refractivity contribution in [2.45, 2.75) is 32.2 Å². The van der Waals surface area contributed by atoms with Crippen LogP contribution in [0.1, 0.15) is 41.6 Å². The van der Waals surface area contributed by atoms with E-state index in [1.165, 1.54) is 0 Å². The summed E-state index contributed by atoms with van der Waals surface area (Å²) in [4.78, 5) is 29.2. The van der Waals surface area contributed by atoms with Gasteiger partial charge < -0.3 is 9.80 Å². The lowest BCUT2D eigenvalue weighted by Crippen LogP contribution is -2.43. The molecule has 0 unspecified atom stereocenters. The van der Waals surface area contributed by atoms with E-state index < -0.39 is 0 Å². The van der Waals surface area contributed by atoms with E-state index in [2.05, 4.69) is 5.10 Å². The van der Waals surface area contributed by atoms with Crippen LogP contribution in [0.25, 0.3) is 0 Å². The van der Waals surface area contributed by atoms with Crippen LogP contribution in [0.5, 0.6) is 0 Å². The molecule has 0 radical (unpaired) electrons. The maximum absolute atomic E-state index is 12.8. The van der Waals surface area contributed by atoms with E-state index in [0.717, 1.165) is 44.3 Å². The molecule has 2 aromatic rings. The minimum absolute atomic E-state index is 0.0162. The van der Waals surface area contributed by atoms with Crippen molar-refractivity contribution in [2.24, 2.45) is 5.92 Å². The van der Waals surface area contributed by atoms with Crippen LogP contribution in [-0.2, 0) is 11.3 Å².